The van der Waals surface area contributed by atoms with Crippen molar-refractivity contribution in [3.8, 4) is 0 Å². The molecule has 1 atom stereocenters. The topological polar surface area (TPSA) is 76.2 Å². The summed E-state index contributed by atoms with van der Waals surface area (Å²) in [5, 5.41) is 0. The van der Waals surface area contributed by atoms with Crippen molar-refractivity contribution in [3.05, 3.63) is 53.3 Å². The number of carbonyl (C=O) groups excluding carboxylic acids is 3. The Hall–Kier alpha value is -3.42. The predicted molar refractivity (Wildman–Crippen MR) is 110 cm³/mol. The zero-order valence-electron chi connectivity index (χ0n) is 17.4. The first-order valence-electron chi connectivity index (χ1n) is 10.0. The van der Waals surface area contributed by atoms with E-state index in [1.165, 1.54) is 35.1 Å². The van der Waals surface area contributed by atoms with E-state index in [2.05, 4.69) is 0 Å². The van der Waals surface area contributed by atoms with Gasteiger partial charge in [0.05, 0.1) is 41.7 Å². The van der Waals surface area contributed by atoms with Crippen LogP contribution in [0.15, 0.2) is 36.4 Å². The zero-order valence-corrected chi connectivity index (χ0v) is 17.4. The van der Waals surface area contributed by atoms with Gasteiger partial charge in [-0.2, -0.15) is 0 Å². The molecule has 5 rings (SSSR count). The van der Waals surface area contributed by atoms with Crippen LogP contribution >= 0.6 is 0 Å². The number of hydrogen-bond acceptors (Lipinski definition) is 5. The van der Waals surface area contributed by atoms with Gasteiger partial charge in [-0.05, 0) is 53.8 Å². The van der Waals surface area contributed by atoms with Gasteiger partial charge >= 0.3 is 12.1 Å². The molecule has 2 heterocycles. The summed E-state index contributed by atoms with van der Waals surface area (Å²) in [6, 6.07) is 9.07. The Morgan fingerprint density at radius 3 is 2.45 bits per heavy atom. The summed E-state index contributed by atoms with van der Waals surface area (Å²) in [6.07, 6.45) is 0.0799. The number of carbonyl (C=O) groups is 3. The molecule has 1 saturated heterocycles. The molecule has 1 spiro atoms. The van der Waals surface area contributed by atoms with Crippen LogP contribution < -0.4 is 9.80 Å². The molecule has 0 unspecified atom stereocenters. The maximum Gasteiger partial charge on any atom is 0.414 e. The van der Waals surface area contributed by atoms with Gasteiger partial charge in [0, 0.05) is 0 Å². The minimum Gasteiger partial charge on any atom is -0.465 e. The summed E-state index contributed by atoms with van der Waals surface area (Å²) >= 11 is 0. The fourth-order valence-corrected chi connectivity index (χ4v) is 4.90. The first kappa shape index (κ1) is 19.5. The number of cyclic esters (lactones) is 1. The SMILES string of the molecule is COC(=O)c1cc(N2CCOC2=O)cc(N2C(=O)[C@@]3(CC3(C)C)c3cc(F)ccc32)c1. The number of amides is 2. The Kier molecular flexibility index (Phi) is 3.96. The third-order valence-electron chi connectivity index (χ3n) is 6.62. The summed E-state index contributed by atoms with van der Waals surface area (Å²) < 4.78 is 24.0. The van der Waals surface area contributed by atoms with Gasteiger partial charge in [-0.25, -0.2) is 14.0 Å². The summed E-state index contributed by atoms with van der Waals surface area (Å²) in [7, 11) is 1.26. The highest BCUT2D eigenvalue weighted by Gasteiger charge is 2.72. The van der Waals surface area contributed by atoms with Crippen molar-refractivity contribution in [2.45, 2.75) is 25.7 Å². The molecule has 31 heavy (non-hydrogen) atoms. The van der Waals surface area contributed by atoms with Crippen molar-refractivity contribution in [1.82, 2.24) is 0 Å². The lowest BCUT2D eigenvalue weighted by Crippen LogP contribution is -2.31. The largest absolute Gasteiger partial charge is 0.465 e. The van der Waals surface area contributed by atoms with Crippen LogP contribution in [0.2, 0.25) is 0 Å². The van der Waals surface area contributed by atoms with Crippen LogP contribution in [0.25, 0.3) is 0 Å². The van der Waals surface area contributed by atoms with Gasteiger partial charge in [0.2, 0.25) is 5.91 Å². The monoisotopic (exact) mass is 424 g/mol. The second-order valence-electron chi connectivity index (χ2n) is 8.76. The van der Waals surface area contributed by atoms with Crippen LogP contribution in [0.3, 0.4) is 0 Å². The summed E-state index contributed by atoms with van der Waals surface area (Å²) in [6.45, 7) is 4.54. The third-order valence-corrected chi connectivity index (χ3v) is 6.62. The zero-order chi connectivity index (χ0) is 22.1. The van der Waals surface area contributed by atoms with E-state index in [1.54, 1.807) is 18.2 Å². The number of anilines is 3. The molecule has 160 valence electrons. The maximum absolute atomic E-state index is 14.1. The van der Waals surface area contributed by atoms with E-state index in [9.17, 15) is 18.8 Å². The molecule has 7 nitrogen and oxygen atoms in total. The number of rotatable bonds is 3. The Morgan fingerprint density at radius 1 is 1.13 bits per heavy atom. The predicted octanol–water partition coefficient (Wildman–Crippen LogP) is 3.91. The second-order valence-corrected chi connectivity index (χ2v) is 8.76. The standard InChI is InChI=1S/C23H21FN2O5/c1-22(2)12-23(22)17-10-14(24)4-5-18(17)26(20(23)28)16-9-13(19(27)30-3)8-15(11-16)25-6-7-31-21(25)29/h4-5,8-11H,6-7,12H2,1-3H3/t23-/m1/s1. The van der Waals surface area contributed by atoms with Crippen LogP contribution in [0.5, 0.6) is 0 Å². The van der Waals surface area contributed by atoms with Crippen molar-refractivity contribution in [2.24, 2.45) is 5.41 Å². The minimum absolute atomic E-state index is 0.171. The molecular weight excluding hydrogens is 403 g/mol. The molecule has 1 aliphatic carbocycles. The van der Waals surface area contributed by atoms with Crippen LogP contribution in [0.1, 0.15) is 36.2 Å². The highest BCUT2D eigenvalue weighted by Crippen LogP contribution is 2.70. The van der Waals surface area contributed by atoms with Crippen LogP contribution in [-0.2, 0) is 19.7 Å². The highest BCUT2D eigenvalue weighted by molar-refractivity contribution is 6.16. The Morgan fingerprint density at radius 2 is 1.84 bits per heavy atom. The van der Waals surface area contributed by atoms with Crippen LogP contribution in [0, 0.1) is 11.2 Å². The van der Waals surface area contributed by atoms with Gasteiger partial charge in [0.15, 0.2) is 0 Å². The molecule has 2 fully saturated rings. The van der Waals surface area contributed by atoms with E-state index in [0.29, 0.717) is 35.6 Å². The molecule has 3 aliphatic rings. The van der Waals surface area contributed by atoms with E-state index < -0.39 is 23.3 Å². The number of benzene rings is 2. The molecule has 0 radical (unpaired) electrons. The molecule has 8 heteroatoms. The number of ether oxygens (including phenoxy) is 2. The number of methoxy groups -OCH3 is 1. The van der Waals surface area contributed by atoms with Crippen molar-refractivity contribution in [3.63, 3.8) is 0 Å². The maximum atomic E-state index is 14.1. The Labute approximate surface area is 178 Å². The van der Waals surface area contributed by atoms with Crippen molar-refractivity contribution >= 4 is 35.0 Å². The lowest BCUT2D eigenvalue weighted by molar-refractivity contribution is -0.120. The highest BCUT2D eigenvalue weighted by atomic mass is 19.1. The summed E-state index contributed by atoms with van der Waals surface area (Å²) in [5.41, 5.74) is 1.13. The molecule has 2 aromatic rings. The van der Waals surface area contributed by atoms with Gasteiger partial charge in [-0.15, -0.1) is 0 Å². The average molecular weight is 424 g/mol. The summed E-state index contributed by atoms with van der Waals surface area (Å²) in [5.74, 6) is -1.17. The number of fused-ring (bicyclic) bond motifs is 2. The number of halogens is 1. The molecule has 2 aliphatic heterocycles. The van der Waals surface area contributed by atoms with Gasteiger partial charge in [0.25, 0.3) is 0 Å². The van der Waals surface area contributed by atoms with E-state index in [0.717, 1.165) is 0 Å². The van der Waals surface area contributed by atoms with E-state index in [-0.39, 0.29) is 23.5 Å². The smallest absolute Gasteiger partial charge is 0.414 e. The fourth-order valence-electron chi connectivity index (χ4n) is 4.90. The van der Waals surface area contributed by atoms with Gasteiger partial charge in [0.1, 0.15) is 12.4 Å². The number of hydrogen-bond donors (Lipinski definition) is 0. The normalized spacial score (nSPS) is 23.2. The van der Waals surface area contributed by atoms with Gasteiger partial charge < -0.3 is 9.47 Å². The van der Waals surface area contributed by atoms with Crippen LogP contribution in [-0.4, -0.2) is 38.2 Å². The number of nitrogens with zero attached hydrogens (tertiary/aromatic N) is 2. The molecule has 2 aromatic carbocycles. The van der Waals surface area contributed by atoms with Crippen molar-refractivity contribution in [2.75, 3.05) is 30.1 Å². The van der Waals surface area contributed by atoms with Crippen molar-refractivity contribution < 1.29 is 28.2 Å². The average Bonchev–Trinajstić information content (AvgIpc) is 2.99. The van der Waals surface area contributed by atoms with Crippen molar-refractivity contribution in [1.29, 1.82) is 0 Å². The third kappa shape index (κ3) is 2.60. The lowest BCUT2D eigenvalue weighted by atomic mass is 9.89. The van der Waals surface area contributed by atoms with Gasteiger partial charge in [-0.3, -0.25) is 14.6 Å². The molecule has 2 amide bonds. The molecule has 0 N–H and O–H groups in total. The van der Waals surface area contributed by atoms with E-state index >= 15 is 0 Å². The number of esters is 1. The first-order valence-corrected chi connectivity index (χ1v) is 10.0. The molecular formula is C23H21FN2O5. The van der Waals surface area contributed by atoms with E-state index in [4.69, 9.17) is 9.47 Å². The van der Waals surface area contributed by atoms with Crippen LogP contribution in [0.4, 0.5) is 26.2 Å². The second kappa shape index (κ2) is 6.29. The molecule has 0 bridgehead atoms. The fraction of sp³-hybridized carbons (Fsp3) is 0.348. The Balaban J connectivity index is 1.69. The Bertz CT molecular complexity index is 1160. The molecule has 0 aromatic heterocycles. The minimum atomic E-state index is -0.807. The van der Waals surface area contributed by atoms with Gasteiger partial charge in [-0.1, -0.05) is 13.8 Å². The first-order chi connectivity index (χ1) is 14.7. The van der Waals surface area contributed by atoms with E-state index in [1.807, 2.05) is 13.8 Å². The molecule has 1 saturated carbocycles. The lowest BCUT2D eigenvalue weighted by Gasteiger charge is -2.22. The quantitative estimate of drug-likeness (QED) is 0.699. The summed E-state index contributed by atoms with van der Waals surface area (Å²) in [4.78, 5) is 41.1.